The van der Waals surface area contributed by atoms with Gasteiger partial charge in [0.15, 0.2) is 0 Å². The monoisotopic (exact) mass is 284 g/mol. The Bertz CT molecular complexity index is 584. The van der Waals surface area contributed by atoms with E-state index in [1.54, 1.807) is 12.1 Å². The molecular weight excluding hydrogens is 264 g/mol. The van der Waals surface area contributed by atoms with Crippen molar-refractivity contribution in [3.05, 3.63) is 23.3 Å². The fourth-order valence-electron chi connectivity index (χ4n) is 2.31. The van der Waals surface area contributed by atoms with Crippen molar-refractivity contribution >= 4 is 15.7 Å². The third-order valence-electron chi connectivity index (χ3n) is 3.60. The third-order valence-corrected chi connectivity index (χ3v) is 5.52. The molecule has 1 fully saturated rings. The molecule has 1 saturated heterocycles. The average Bonchev–Trinajstić information content (AvgIpc) is 2.33. The van der Waals surface area contributed by atoms with Crippen molar-refractivity contribution in [3.8, 4) is 0 Å². The van der Waals surface area contributed by atoms with Crippen molar-refractivity contribution in [2.45, 2.75) is 37.7 Å². The maximum Gasteiger partial charge on any atom is 0.245 e. The molecule has 19 heavy (non-hydrogen) atoms. The minimum Gasteiger partial charge on any atom is -0.398 e. The van der Waals surface area contributed by atoms with E-state index >= 15 is 0 Å². The maximum atomic E-state index is 12.6. The van der Waals surface area contributed by atoms with Crippen LogP contribution in [0.4, 0.5) is 5.69 Å². The van der Waals surface area contributed by atoms with E-state index in [4.69, 9.17) is 5.73 Å². The Kier molecular flexibility index (Phi) is 3.85. The molecule has 0 radical (unpaired) electrons. The highest BCUT2D eigenvalue weighted by atomic mass is 32.2. The van der Waals surface area contributed by atoms with Crippen LogP contribution in [0.15, 0.2) is 17.0 Å². The fraction of sp³-hybridized carbons (Fsp3) is 0.538. The lowest BCUT2D eigenvalue weighted by molar-refractivity contribution is 0.108. The number of nitrogens with two attached hydrogens (primary N) is 1. The lowest BCUT2D eigenvalue weighted by Crippen LogP contribution is -2.42. The molecular formula is C13H20N2O3S. The number of sulfonamides is 1. The van der Waals surface area contributed by atoms with E-state index in [1.807, 2.05) is 13.8 Å². The zero-order valence-electron chi connectivity index (χ0n) is 11.3. The molecule has 0 amide bonds. The summed E-state index contributed by atoms with van der Waals surface area (Å²) in [6.45, 7) is 4.34. The van der Waals surface area contributed by atoms with E-state index in [0.29, 0.717) is 19.4 Å². The molecule has 0 spiro atoms. The van der Waals surface area contributed by atoms with Gasteiger partial charge < -0.3 is 10.8 Å². The normalized spacial score (nSPS) is 21.5. The van der Waals surface area contributed by atoms with Crippen LogP contribution < -0.4 is 5.73 Å². The van der Waals surface area contributed by atoms with Crippen LogP contribution >= 0.6 is 0 Å². The first kappa shape index (κ1) is 14.3. The van der Waals surface area contributed by atoms with E-state index in [2.05, 4.69) is 0 Å². The van der Waals surface area contributed by atoms with Crippen LogP contribution in [-0.4, -0.2) is 37.0 Å². The summed E-state index contributed by atoms with van der Waals surface area (Å²) in [5.41, 5.74) is 7.98. The van der Waals surface area contributed by atoms with Gasteiger partial charge in [-0.1, -0.05) is 0 Å². The van der Waals surface area contributed by atoms with Gasteiger partial charge in [0, 0.05) is 13.1 Å². The van der Waals surface area contributed by atoms with Crippen LogP contribution in [0, 0.1) is 13.8 Å². The predicted octanol–water partition coefficient (Wildman–Crippen LogP) is 1.03. The predicted molar refractivity (Wildman–Crippen MR) is 74.3 cm³/mol. The number of hydrogen-bond acceptors (Lipinski definition) is 4. The van der Waals surface area contributed by atoms with E-state index in [1.165, 1.54) is 4.31 Å². The van der Waals surface area contributed by atoms with E-state index in [9.17, 15) is 13.5 Å². The van der Waals surface area contributed by atoms with Crippen LogP contribution in [0.1, 0.15) is 24.0 Å². The lowest BCUT2D eigenvalue weighted by atomic mass is 10.1. The highest BCUT2D eigenvalue weighted by Gasteiger charge is 2.31. The van der Waals surface area contributed by atoms with Gasteiger partial charge in [-0.2, -0.15) is 4.31 Å². The number of benzene rings is 1. The van der Waals surface area contributed by atoms with E-state index in [-0.39, 0.29) is 17.1 Å². The van der Waals surface area contributed by atoms with Crippen LogP contribution in [0.3, 0.4) is 0 Å². The Labute approximate surface area is 114 Å². The summed E-state index contributed by atoms with van der Waals surface area (Å²) in [5.74, 6) is 0. The molecule has 1 aromatic carbocycles. The number of nitrogens with zero attached hydrogens (tertiary/aromatic N) is 1. The number of aliphatic hydroxyl groups excluding tert-OH is 1. The number of piperidine rings is 1. The van der Waals surface area contributed by atoms with Gasteiger partial charge in [-0.25, -0.2) is 8.42 Å². The Morgan fingerprint density at radius 2 is 1.95 bits per heavy atom. The van der Waals surface area contributed by atoms with Gasteiger partial charge in [-0.05, 0) is 49.9 Å². The van der Waals surface area contributed by atoms with Crippen molar-refractivity contribution in [2.75, 3.05) is 18.8 Å². The quantitative estimate of drug-likeness (QED) is 0.795. The van der Waals surface area contributed by atoms with Gasteiger partial charge in [0.1, 0.15) is 4.90 Å². The molecule has 1 atom stereocenters. The topological polar surface area (TPSA) is 83.6 Å². The maximum absolute atomic E-state index is 12.6. The zero-order valence-corrected chi connectivity index (χ0v) is 12.1. The summed E-state index contributed by atoms with van der Waals surface area (Å²) in [7, 11) is -3.62. The molecule has 0 aliphatic carbocycles. The Morgan fingerprint density at radius 1 is 1.32 bits per heavy atom. The standard InChI is InChI=1S/C13H20N2O3S/c1-9-6-12(14)13(7-10(9)2)19(17,18)15-5-3-4-11(16)8-15/h6-7,11,16H,3-5,8,14H2,1-2H3/t11-/m0/s1. The number of hydrogen-bond donors (Lipinski definition) is 2. The average molecular weight is 284 g/mol. The van der Waals surface area contributed by atoms with Crippen LogP contribution in [0.5, 0.6) is 0 Å². The zero-order chi connectivity index (χ0) is 14.2. The second kappa shape index (κ2) is 5.11. The minimum absolute atomic E-state index is 0.143. The molecule has 1 aliphatic heterocycles. The minimum atomic E-state index is -3.62. The highest BCUT2D eigenvalue weighted by molar-refractivity contribution is 7.89. The van der Waals surface area contributed by atoms with Gasteiger partial charge in [0.25, 0.3) is 0 Å². The largest absolute Gasteiger partial charge is 0.398 e. The molecule has 1 heterocycles. The smallest absolute Gasteiger partial charge is 0.245 e. The molecule has 0 saturated carbocycles. The lowest BCUT2D eigenvalue weighted by Gasteiger charge is -2.29. The van der Waals surface area contributed by atoms with Crippen molar-refractivity contribution in [1.29, 1.82) is 0 Å². The number of aryl methyl sites for hydroxylation is 2. The van der Waals surface area contributed by atoms with Crippen molar-refractivity contribution in [1.82, 2.24) is 4.31 Å². The summed E-state index contributed by atoms with van der Waals surface area (Å²) in [6, 6.07) is 3.30. The first-order chi connectivity index (χ1) is 8.82. The highest BCUT2D eigenvalue weighted by Crippen LogP contribution is 2.27. The van der Waals surface area contributed by atoms with Crippen LogP contribution in [0.2, 0.25) is 0 Å². The van der Waals surface area contributed by atoms with Gasteiger partial charge in [-0.15, -0.1) is 0 Å². The Hall–Kier alpha value is -1.11. The molecule has 1 aromatic rings. The summed E-state index contributed by atoms with van der Waals surface area (Å²) < 4.78 is 26.4. The molecule has 3 N–H and O–H groups in total. The second-order valence-electron chi connectivity index (χ2n) is 5.13. The van der Waals surface area contributed by atoms with Crippen molar-refractivity contribution in [2.24, 2.45) is 0 Å². The number of rotatable bonds is 2. The summed E-state index contributed by atoms with van der Waals surface area (Å²) >= 11 is 0. The molecule has 0 unspecified atom stereocenters. The molecule has 6 heteroatoms. The Morgan fingerprint density at radius 3 is 2.58 bits per heavy atom. The van der Waals surface area contributed by atoms with Gasteiger partial charge >= 0.3 is 0 Å². The molecule has 5 nitrogen and oxygen atoms in total. The van der Waals surface area contributed by atoms with Crippen molar-refractivity contribution < 1.29 is 13.5 Å². The summed E-state index contributed by atoms with van der Waals surface area (Å²) in [4.78, 5) is 0.143. The molecule has 0 aromatic heterocycles. The van der Waals surface area contributed by atoms with E-state index < -0.39 is 16.1 Å². The third kappa shape index (κ3) is 2.75. The van der Waals surface area contributed by atoms with Gasteiger partial charge in [-0.3, -0.25) is 0 Å². The van der Waals surface area contributed by atoms with E-state index in [0.717, 1.165) is 11.1 Å². The molecule has 2 rings (SSSR count). The second-order valence-corrected chi connectivity index (χ2v) is 7.04. The molecule has 0 bridgehead atoms. The fourth-order valence-corrected chi connectivity index (χ4v) is 4.01. The summed E-state index contributed by atoms with van der Waals surface area (Å²) in [6.07, 6.45) is 0.732. The van der Waals surface area contributed by atoms with Crippen LogP contribution in [-0.2, 0) is 10.0 Å². The molecule has 106 valence electrons. The van der Waals surface area contributed by atoms with Gasteiger partial charge in [0.2, 0.25) is 10.0 Å². The first-order valence-electron chi connectivity index (χ1n) is 6.37. The number of anilines is 1. The van der Waals surface area contributed by atoms with Crippen LogP contribution in [0.25, 0.3) is 0 Å². The molecule has 1 aliphatic rings. The Balaban J connectivity index is 2.42. The SMILES string of the molecule is Cc1cc(N)c(S(=O)(=O)N2CCC[C@H](O)C2)cc1C. The number of aliphatic hydroxyl groups is 1. The summed E-state index contributed by atoms with van der Waals surface area (Å²) in [5, 5.41) is 9.62. The number of nitrogen functional groups attached to an aromatic ring is 1. The first-order valence-corrected chi connectivity index (χ1v) is 7.81. The van der Waals surface area contributed by atoms with Crippen molar-refractivity contribution in [3.63, 3.8) is 0 Å². The van der Waals surface area contributed by atoms with Gasteiger partial charge in [0.05, 0.1) is 11.8 Å². The number of β-amino-alcohol motifs (C(OH)–C–C–N with tert-alkyl or cyclic N) is 1.